The van der Waals surface area contributed by atoms with Gasteiger partial charge < -0.3 is 4.74 Å². The molecule has 1 heterocycles. The Morgan fingerprint density at radius 3 is 2.89 bits per heavy atom. The van der Waals surface area contributed by atoms with Crippen LogP contribution in [-0.4, -0.2) is 17.6 Å². The van der Waals surface area contributed by atoms with Gasteiger partial charge in [-0.1, -0.05) is 23.2 Å². The Balaban J connectivity index is 2.32. The first-order valence-corrected chi connectivity index (χ1v) is 6.83. The molecule has 2 rings (SSSR count). The number of ether oxygens (including phenoxy) is 1. The average molecular weight is 302 g/mol. The van der Waals surface area contributed by atoms with Crippen molar-refractivity contribution in [3.63, 3.8) is 0 Å². The molecular weight excluding hydrogens is 293 g/mol. The fourth-order valence-corrected chi connectivity index (χ4v) is 2.60. The smallest absolute Gasteiger partial charge is 0.367 e. The molecule has 0 spiro atoms. The minimum Gasteiger partial charge on any atom is -0.461 e. The Labute approximate surface area is 118 Å². The first kappa shape index (κ1) is 13.3. The van der Waals surface area contributed by atoms with Crippen molar-refractivity contribution in [3.8, 4) is 11.3 Å². The van der Waals surface area contributed by atoms with Gasteiger partial charge in [0.1, 0.15) is 0 Å². The van der Waals surface area contributed by atoms with E-state index in [0.717, 1.165) is 5.56 Å². The summed E-state index contributed by atoms with van der Waals surface area (Å²) < 4.78 is 4.88. The van der Waals surface area contributed by atoms with E-state index in [1.807, 2.05) is 0 Å². The van der Waals surface area contributed by atoms with Crippen molar-refractivity contribution in [1.82, 2.24) is 4.98 Å². The summed E-state index contributed by atoms with van der Waals surface area (Å²) in [6.07, 6.45) is 0. The van der Waals surface area contributed by atoms with E-state index in [1.54, 1.807) is 30.5 Å². The van der Waals surface area contributed by atoms with Gasteiger partial charge in [0.2, 0.25) is 5.01 Å². The van der Waals surface area contributed by atoms with Gasteiger partial charge in [-0.2, -0.15) is 0 Å². The predicted molar refractivity (Wildman–Crippen MR) is 73.5 cm³/mol. The molecule has 94 valence electrons. The highest BCUT2D eigenvalue weighted by atomic mass is 35.5. The van der Waals surface area contributed by atoms with Gasteiger partial charge in [0.15, 0.2) is 0 Å². The van der Waals surface area contributed by atoms with Crippen LogP contribution in [0.5, 0.6) is 0 Å². The molecule has 0 atom stereocenters. The molecule has 0 unspecified atom stereocenters. The molecule has 0 radical (unpaired) electrons. The second-order valence-electron chi connectivity index (χ2n) is 3.38. The zero-order chi connectivity index (χ0) is 13.1. The first-order chi connectivity index (χ1) is 8.61. The molecule has 0 saturated carbocycles. The molecule has 1 aromatic heterocycles. The number of rotatable bonds is 3. The number of hydrogen-bond acceptors (Lipinski definition) is 4. The topological polar surface area (TPSA) is 39.2 Å². The van der Waals surface area contributed by atoms with E-state index >= 15 is 0 Å². The number of benzene rings is 1. The lowest BCUT2D eigenvalue weighted by Crippen LogP contribution is -2.03. The number of carbonyl (C=O) groups is 1. The van der Waals surface area contributed by atoms with Crippen molar-refractivity contribution < 1.29 is 9.53 Å². The molecule has 0 aliphatic rings. The maximum Gasteiger partial charge on any atom is 0.367 e. The fraction of sp³-hybridized carbons (Fsp3) is 0.167. The van der Waals surface area contributed by atoms with E-state index in [9.17, 15) is 4.79 Å². The lowest BCUT2D eigenvalue weighted by molar-refractivity contribution is 0.0526. The molecule has 18 heavy (non-hydrogen) atoms. The maximum absolute atomic E-state index is 11.5. The minimum absolute atomic E-state index is 0.317. The van der Waals surface area contributed by atoms with Gasteiger partial charge in [0.05, 0.1) is 17.3 Å². The Kier molecular flexibility index (Phi) is 4.22. The SMILES string of the molecule is CCOC(=O)c1nc(-c2ccc(Cl)cc2Cl)cs1. The molecule has 0 fully saturated rings. The molecular formula is C12H9Cl2NO2S. The number of esters is 1. The Hall–Kier alpha value is -1.10. The van der Waals surface area contributed by atoms with Crippen LogP contribution in [0.2, 0.25) is 10.0 Å². The zero-order valence-corrected chi connectivity index (χ0v) is 11.8. The van der Waals surface area contributed by atoms with Crippen molar-refractivity contribution in [3.05, 3.63) is 38.6 Å². The Morgan fingerprint density at radius 2 is 2.22 bits per heavy atom. The van der Waals surface area contributed by atoms with E-state index < -0.39 is 5.97 Å². The van der Waals surface area contributed by atoms with Crippen LogP contribution in [0.4, 0.5) is 0 Å². The van der Waals surface area contributed by atoms with E-state index in [4.69, 9.17) is 27.9 Å². The maximum atomic E-state index is 11.5. The molecule has 0 aliphatic carbocycles. The van der Waals surface area contributed by atoms with Gasteiger partial charge in [-0.3, -0.25) is 0 Å². The lowest BCUT2D eigenvalue weighted by atomic mass is 10.2. The van der Waals surface area contributed by atoms with Crippen LogP contribution in [-0.2, 0) is 4.74 Å². The lowest BCUT2D eigenvalue weighted by Gasteiger charge is -2.00. The molecule has 0 N–H and O–H groups in total. The number of hydrogen-bond donors (Lipinski definition) is 0. The summed E-state index contributed by atoms with van der Waals surface area (Å²) in [5.41, 5.74) is 1.39. The molecule has 2 aromatic rings. The Morgan fingerprint density at radius 1 is 1.44 bits per heavy atom. The van der Waals surface area contributed by atoms with E-state index in [-0.39, 0.29) is 0 Å². The standard InChI is InChI=1S/C12H9Cl2NO2S/c1-2-17-12(16)11-15-10(6-18-11)8-4-3-7(13)5-9(8)14/h3-6H,2H2,1H3. The monoisotopic (exact) mass is 301 g/mol. The molecule has 0 bridgehead atoms. The van der Waals surface area contributed by atoms with Gasteiger partial charge >= 0.3 is 5.97 Å². The van der Waals surface area contributed by atoms with Gasteiger partial charge in [-0.05, 0) is 25.1 Å². The number of aromatic nitrogens is 1. The quantitative estimate of drug-likeness (QED) is 0.794. The molecule has 0 amide bonds. The highest BCUT2D eigenvalue weighted by Crippen LogP contribution is 2.31. The summed E-state index contributed by atoms with van der Waals surface area (Å²) in [4.78, 5) is 15.7. The second kappa shape index (κ2) is 5.69. The van der Waals surface area contributed by atoms with Crippen molar-refractivity contribution in [2.75, 3.05) is 6.61 Å². The third kappa shape index (κ3) is 2.83. The Bertz CT molecular complexity index is 583. The summed E-state index contributed by atoms with van der Waals surface area (Å²) in [5.74, 6) is -0.418. The number of halogens is 2. The van der Waals surface area contributed by atoms with Crippen LogP contribution in [0.1, 0.15) is 16.7 Å². The summed E-state index contributed by atoms with van der Waals surface area (Å²) in [6.45, 7) is 2.08. The van der Waals surface area contributed by atoms with Crippen LogP contribution in [0.15, 0.2) is 23.6 Å². The summed E-state index contributed by atoms with van der Waals surface area (Å²) >= 11 is 13.1. The number of nitrogens with zero attached hydrogens (tertiary/aromatic N) is 1. The van der Waals surface area contributed by atoms with E-state index in [0.29, 0.717) is 27.4 Å². The van der Waals surface area contributed by atoms with Gasteiger partial charge in [-0.15, -0.1) is 11.3 Å². The number of carbonyl (C=O) groups excluding carboxylic acids is 1. The van der Waals surface area contributed by atoms with Gasteiger partial charge in [0, 0.05) is 16.0 Å². The van der Waals surface area contributed by atoms with Crippen molar-refractivity contribution >= 4 is 40.5 Å². The molecule has 0 aliphatic heterocycles. The van der Waals surface area contributed by atoms with Gasteiger partial charge in [0.25, 0.3) is 0 Å². The largest absolute Gasteiger partial charge is 0.461 e. The third-order valence-electron chi connectivity index (χ3n) is 2.16. The van der Waals surface area contributed by atoms with Crippen LogP contribution >= 0.6 is 34.5 Å². The van der Waals surface area contributed by atoms with Crippen molar-refractivity contribution in [2.24, 2.45) is 0 Å². The normalized spacial score (nSPS) is 10.4. The predicted octanol–water partition coefficient (Wildman–Crippen LogP) is 4.29. The zero-order valence-electron chi connectivity index (χ0n) is 9.44. The van der Waals surface area contributed by atoms with E-state index in [2.05, 4.69) is 4.98 Å². The summed E-state index contributed by atoms with van der Waals surface area (Å²) in [6, 6.07) is 5.14. The third-order valence-corrected chi connectivity index (χ3v) is 3.53. The van der Waals surface area contributed by atoms with Crippen LogP contribution in [0.3, 0.4) is 0 Å². The highest BCUT2D eigenvalue weighted by molar-refractivity contribution is 7.11. The van der Waals surface area contributed by atoms with Crippen molar-refractivity contribution in [1.29, 1.82) is 0 Å². The summed E-state index contributed by atoms with van der Waals surface area (Å²) in [5, 5.41) is 3.15. The highest BCUT2D eigenvalue weighted by Gasteiger charge is 2.14. The van der Waals surface area contributed by atoms with Crippen LogP contribution < -0.4 is 0 Å². The van der Waals surface area contributed by atoms with Crippen LogP contribution in [0.25, 0.3) is 11.3 Å². The number of thiazole rings is 1. The van der Waals surface area contributed by atoms with Crippen LogP contribution in [0, 0.1) is 0 Å². The minimum atomic E-state index is -0.418. The first-order valence-electron chi connectivity index (χ1n) is 5.20. The molecule has 1 aromatic carbocycles. The van der Waals surface area contributed by atoms with Crippen molar-refractivity contribution in [2.45, 2.75) is 6.92 Å². The van der Waals surface area contributed by atoms with Gasteiger partial charge in [-0.25, -0.2) is 9.78 Å². The molecule has 6 heteroatoms. The molecule has 0 saturated heterocycles. The average Bonchev–Trinajstić information content (AvgIpc) is 2.78. The summed E-state index contributed by atoms with van der Waals surface area (Å²) in [7, 11) is 0. The molecule has 3 nitrogen and oxygen atoms in total. The second-order valence-corrected chi connectivity index (χ2v) is 5.08. The fourth-order valence-electron chi connectivity index (χ4n) is 1.38. The van der Waals surface area contributed by atoms with E-state index in [1.165, 1.54) is 11.3 Å².